The number of rotatable bonds is 6. The van der Waals surface area contributed by atoms with Crippen LogP contribution in [0.5, 0.6) is 0 Å². The van der Waals surface area contributed by atoms with E-state index in [0.717, 1.165) is 71.7 Å². The van der Waals surface area contributed by atoms with E-state index in [4.69, 9.17) is 0 Å². The Morgan fingerprint density at radius 1 is 0.897 bits per heavy atom. The molecule has 0 aromatic carbocycles. The van der Waals surface area contributed by atoms with Crippen molar-refractivity contribution in [1.29, 1.82) is 0 Å². The maximum absolute atomic E-state index is 12.6. The minimum atomic E-state index is 0. The van der Waals surface area contributed by atoms with E-state index in [1.807, 2.05) is 16.8 Å². The molecule has 0 bridgehead atoms. The third-order valence-corrected chi connectivity index (χ3v) is 6.45. The number of halogens is 2. The largest absolute Gasteiger partial charge is 0.342 e. The number of hydrogen-bond donors (Lipinski definition) is 1. The Balaban J connectivity index is 0.00000210. The van der Waals surface area contributed by atoms with Crippen LogP contribution in [0.4, 0.5) is 0 Å². The molecule has 170 valence electrons. The van der Waals surface area contributed by atoms with E-state index in [1.165, 1.54) is 19.3 Å². The van der Waals surface area contributed by atoms with E-state index in [1.54, 1.807) is 0 Å². The Labute approximate surface area is 188 Å². The standard InChI is InChI=1S/C20H37N5O2.2ClH/c1-22(18-5-3-2-4-6-18)20(27)17-24-15-13-23(14-16-24)10-7-19(26)25-11-8-21-9-12-25;;/h18,21H,2-17H2,1H3;2*1H. The number of piperazine rings is 2. The predicted molar refractivity (Wildman–Crippen MR) is 121 cm³/mol. The van der Waals surface area contributed by atoms with Crippen LogP contribution in [0.2, 0.25) is 0 Å². The summed E-state index contributed by atoms with van der Waals surface area (Å²) in [4.78, 5) is 33.5. The van der Waals surface area contributed by atoms with Crippen LogP contribution in [0.15, 0.2) is 0 Å². The van der Waals surface area contributed by atoms with Gasteiger partial charge >= 0.3 is 0 Å². The lowest BCUT2D eigenvalue weighted by Gasteiger charge is -2.37. The Hall–Kier alpha value is -0.600. The Bertz CT molecular complexity index is 491. The van der Waals surface area contributed by atoms with Gasteiger partial charge in [0.05, 0.1) is 6.54 Å². The molecule has 1 N–H and O–H groups in total. The smallest absolute Gasteiger partial charge is 0.236 e. The molecule has 7 nitrogen and oxygen atoms in total. The summed E-state index contributed by atoms with van der Waals surface area (Å²) in [7, 11) is 1.98. The van der Waals surface area contributed by atoms with Gasteiger partial charge in [-0.15, -0.1) is 24.8 Å². The second-order valence-corrected chi connectivity index (χ2v) is 8.30. The lowest BCUT2D eigenvalue weighted by atomic mass is 9.94. The first-order valence-corrected chi connectivity index (χ1v) is 10.8. The van der Waals surface area contributed by atoms with Gasteiger partial charge in [-0.05, 0) is 12.8 Å². The van der Waals surface area contributed by atoms with E-state index in [9.17, 15) is 9.59 Å². The molecule has 29 heavy (non-hydrogen) atoms. The van der Waals surface area contributed by atoms with E-state index >= 15 is 0 Å². The summed E-state index contributed by atoms with van der Waals surface area (Å²) in [5.41, 5.74) is 0. The lowest BCUT2D eigenvalue weighted by Crippen LogP contribution is -2.51. The Kier molecular flexibility index (Phi) is 12.4. The number of nitrogens with zero attached hydrogens (tertiary/aromatic N) is 4. The van der Waals surface area contributed by atoms with Crippen molar-refractivity contribution in [3.8, 4) is 0 Å². The van der Waals surface area contributed by atoms with Gasteiger partial charge in [-0.2, -0.15) is 0 Å². The van der Waals surface area contributed by atoms with Crippen molar-refractivity contribution in [2.45, 2.75) is 44.6 Å². The predicted octanol–water partition coefficient (Wildman–Crippen LogP) is 1.06. The molecule has 2 heterocycles. The summed E-state index contributed by atoms with van der Waals surface area (Å²) in [6.45, 7) is 8.63. The number of carbonyl (C=O) groups excluding carboxylic acids is 2. The van der Waals surface area contributed by atoms with Gasteiger partial charge in [0.15, 0.2) is 0 Å². The molecule has 0 aromatic rings. The normalized spacial score (nSPS) is 21.8. The summed E-state index contributed by atoms with van der Waals surface area (Å²) in [6, 6.07) is 0.448. The SMILES string of the molecule is CN(C(=O)CN1CCN(CCC(=O)N2CCNCC2)CC1)C1CCCCC1.Cl.Cl. The summed E-state index contributed by atoms with van der Waals surface area (Å²) in [5, 5.41) is 3.28. The second-order valence-electron chi connectivity index (χ2n) is 8.30. The van der Waals surface area contributed by atoms with Crippen molar-refractivity contribution in [1.82, 2.24) is 24.9 Å². The second kappa shape index (κ2) is 13.7. The van der Waals surface area contributed by atoms with Crippen molar-refractivity contribution in [3.63, 3.8) is 0 Å². The maximum Gasteiger partial charge on any atom is 0.236 e. The molecule has 3 rings (SSSR count). The number of nitrogens with one attached hydrogen (secondary N) is 1. The molecule has 0 radical (unpaired) electrons. The van der Waals surface area contributed by atoms with Gasteiger partial charge in [0.25, 0.3) is 0 Å². The first kappa shape index (κ1) is 26.4. The average molecular weight is 452 g/mol. The number of hydrogen-bond acceptors (Lipinski definition) is 5. The van der Waals surface area contributed by atoms with Gasteiger partial charge in [0, 0.05) is 78.4 Å². The molecular formula is C20H39Cl2N5O2. The molecule has 1 saturated carbocycles. The highest BCUT2D eigenvalue weighted by Crippen LogP contribution is 2.21. The van der Waals surface area contributed by atoms with Crippen molar-refractivity contribution in [2.75, 3.05) is 72.5 Å². The molecule has 1 aliphatic carbocycles. The van der Waals surface area contributed by atoms with Crippen LogP contribution in [0, 0.1) is 0 Å². The third-order valence-electron chi connectivity index (χ3n) is 6.45. The van der Waals surface area contributed by atoms with E-state index < -0.39 is 0 Å². The molecule has 0 unspecified atom stereocenters. The van der Waals surface area contributed by atoms with Crippen LogP contribution >= 0.6 is 24.8 Å². The Morgan fingerprint density at radius 3 is 2.10 bits per heavy atom. The van der Waals surface area contributed by atoms with Gasteiger partial charge in [-0.25, -0.2) is 0 Å². The van der Waals surface area contributed by atoms with Gasteiger partial charge < -0.3 is 20.0 Å². The van der Waals surface area contributed by atoms with Gasteiger partial charge in [0.1, 0.15) is 0 Å². The maximum atomic E-state index is 12.6. The zero-order valence-electron chi connectivity index (χ0n) is 17.8. The van der Waals surface area contributed by atoms with Crippen molar-refractivity contribution < 1.29 is 9.59 Å². The zero-order valence-corrected chi connectivity index (χ0v) is 19.4. The fourth-order valence-electron chi connectivity index (χ4n) is 4.47. The number of carbonyl (C=O) groups is 2. The number of amides is 2. The fourth-order valence-corrected chi connectivity index (χ4v) is 4.47. The highest BCUT2D eigenvalue weighted by atomic mass is 35.5. The van der Waals surface area contributed by atoms with Crippen molar-refractivity contribution in [3.05, 3.63) is 0 Å². The third kappa shape index (κ3) is 8.21. The Morgan fingerprint density at radius 2 is 1.48 bits per heavy atom. The zero-order chi connectivity index (χ0) is 19.1. The minimum absolute atomic E-state index is 0. The lowest BCUT2D eigenvalue weighted by molar-refractivity contribution is -0.134. The molecule has 2 aliphatic heterocycles. The quantitative estimate of drug-likeness (QED) is 0.653. The van der Waals surface area contributed by atoms with Crippen molar-refractivity contribution >= 4 is 36.6 Å². The molecule has 3 aliphatic rings. The monoisotopic (exact) mass is 451 g/mol. The molecule has 3 fully saturated rings. The van der Waals surface area contributed by atoms with Gasteiger partial charge in [-0.3, -0.25) is 14.5 Å². The van der Waals surface area contributed by atoms with Gasteiger partial charge in [-0.1, -0.05) is 19.3 Å². The molecular weight excluding hydrogens is 413 g/mol. The molecule has 2 saturated heterocycles. The van der Waals surface area contributed by atoms with E-state index in [0.29, 0.717) is 19.0 Å². The van der Waals surface area contributed by atoms with Crippen LogP contribution in [-0.4, -0.2) is 110 Å². The van der Waals surface area contributed by atoms with Gasteiger partial charge in [0.2, 0.25) is 11.8 Å². The fraction of sp³-hybridized carbons (Fsp3) is 0.900. The summed E-state index contributed by atoms with van der Waals surface area (Å²) >= 11 is 0. The first-order valence-electron chi connectivity index (χ1n) is 10.8. The van der Waals surface area contributed by atoms with E-state index in [2.05, 4.69) is 15.1 Å². The highest BCUT2D eigenvalue weighted by Gasteiger charge is 2.25. The van der Waals surface area contributed by atoms with Crippen LogP contribution in [-0.2, 0) is 9.59 Å². The minimum Gasteiger partial charge on any atom is -0.342 e. The molecule has 9 heteroatoms. The van der Waals surface area contributed by atoms with Crippen molar-refractivity contribution in [2.24, 2.45) is 0 Å². The molecule has 0 atom stereocenters. The summed E-state index contributed by atoms with van der Waals surface area (Å²) < 4.78 is 0. The highest BCUT2D eigenvalue weighted by molar-refractivity contribution is 5.85. The van der Waals surface area contributed by atoms with Crippen LogP contribution in [0.1, 0.15) is 38.5 Å². The van der Waals surface area contributed by atoms with Crippen LogP contribution < -0.4 is 5.32 Å². The van der Waals surface area contributed by atoms with Crippen LogP contribution in [0.3, 0.4) is 0 Å². The summed E-state index contributed by atoms with van der Waals surface area (Å²) in [5.74, 6) is 0.549. The van der Waals surface area contributed by atoms with Crippen LogP contribution in [0.25, 0.3) is 0 Å². The number of likely N-dealkylation sites (N-methyl/N-ethyl adjacent to an activating group) is 1. The molecule has 2 amide bonds. The summed E-state index contributed by atoms with van der Waals surface area (Å²) in [6.07, 6.45) is 6.77. The topological polar surface area (TPSA) is 59.1 Å². The first-order chi connectivity index (χ1) is 13.1. The molecule has 0 aromatic heterocycles. The van der Waals surface area contributed by atoms with E-state index in [-0.39, 0.29) is 36.6 Å². The molecule has 0 spiro atoms. The average Bonchev–Trinajstić information content (AvgIpc) is 2.73.